The summed E-state index contributed by atoms with van der Waals surface area (Å²) < 4.78 is 0. The lowest BCUT2D eigenvalue weighted by Gasteiger charge is -2.12. The van der Waals surface area contributed by atoms with Gasteiger partial charge < -0.3 is 0 Å². The second-order valence-corrected chi connectivity index (χ2v) is 5.86. The molecule has 0 heterocycles. The Morgan fingerprint density at radius 2 is 1.95 bits per heavy atom. The molecule has 4 rings (SSSR count). The third-order valence-corrected chi connectivity index (χ3v) is 4.54. The highest BCUT2D eigenvalue weighted by Crippen LogP contribution is 2.41. The Labute approximate surface area is 120 Å². The van der Waals surface area contributed by atoms with E-state index in [9.17, 15) is 0 Å². The quantitative estimate of drug-likeness (QED) is 0.607. The molecule has 0 nitrogen and oxygen atoms in total. The van der Waals surface area contributed by atoms with Gasteiger partial charge >= 0.3 is 0 Å². The fraction of sp³-hybridized carbons (Fsp3) is 0.200. The van der Waals surface area contributed by atoms with E-state index in [4.69, 9.17) is 0 Å². The molecule has 20 heavy (non-hydrogen) atoms. The van der Waals surface area contributed by atoms with E-state index in [2.05, 4.69) is 61.5 Å². The van der Waals surface area contributed by atoms with Gasteiger partial charge in [0.2, 0.25) is 0 Å². The van der Waals surface area contributed by atoms with Crippen molar-refractivity contribution in [2.75, 3.05) is 0 Å². The lowest BCUT2D eigenvalue weighted by molar-refractivity contribution is 1.05. The summed E-state index contributed by atoms with van der Waals surface area (Å²) in [5, 5.41) is 0. The van der Waals surface area contributed by atoms with Gasteiger partial charge in [-0.05, 0) is 59.6 Å². The van der Waals surface area contributed by atoms with Crippen LogP contribution < -0.4 is 0 Å². The highest BCUT2D eigenvalue weighted by atomic mass is 14.3. The van der Waals surface area contributed by atoms with Crippen molar-refractivity contribution in [3.63, 3.8) is 0 Å². The minimum absolute atomic E-state index is 1.10. The van der Waals surface area contributed by atoms with Gasteiger partial charge in [-0.3, -0.25) is 0 Å². The van der Waals surface area contributed by atoms with Gasteiger partial charge in [0.05, 0.1) is 0 Å². The lowest BCUT2D eigenvalue weighted by Crippen LogP contribution is -1.96. The van der Waals surface area contributed by atoms with Crippen molar-refractivity contribution in [1.82, 2.24) is 0 Å². The molecular weight excluding hydrogens is 240 g/mol. The lowest BCUT2D eigenvalue weighted by atomic mass is 9.93. The van der Waals surface area contributed by atoms with Crippen LogP contribution in [0.4, 0.5) is 0 Å². The van der Waals surface area contributed by atoms with E-state index in [1.54, 1.807) is 5.56 Å². The van der Waals surface area contributed by atoms with Crippen LogP contribution in [0.3, 0.4) is 0 Å². The van der Waals surface area contributed by atoms with Crippen LogP contribution in [0.2, 0.25) is 0 Å². The summed E-state index contributed by atoms with van der Waals surface area (Å²) in [6.07, 6.45) is 10.0. The summed E-state index contributed by atoms with van der Waals surface area (Å²) in [5.41, 5.74) is 10.4. The van der Waals surface area contributed by atoms with Crippen molar-refractivity contribution >= 4 is 0 Å². The van der Waals surface area contributed by atoms with Crippen molar-refractivity contribution < 1.29 is 0 Å². The molecule has 0 saturated carbocycles. The monoisotopic (exact) mass is 258 g/mol. The summed E-state index contributed by atoms with van der Waals surface area (Å²) in [5.74, 6) is 0. The predicted octanol–water partition coefficient (Wildman–Crippen LogP) is 5.00. The van der Waals surface area contributed by atoms with Gasteiger partial charge in [-0.2, -0.15) is 0 Å². The molecule has 0 unspecified atom stereocenters. The molecule has 2 aromatic carbocycles. The standard InChI is InChI=1S/C20H18/c1-14-10-11-17(12-15-6-2-3-7-15)19-13-16-8-4-5-9-18(16)20(14)19/h2-6,8-11H,7,12-13H2,1H3. The van der Waals surface area contributed by atoms with Crippen LogP contribution in [0, 0.1) is 6.92 Å². The first-order chi connectivity index (χ1) is 9.83. The second-order valence-electron chi connectivity index (χ2n) is 5.86. The van der Waals surface area contributed by atoms with E-state index >= 15 is 0 Å². The maximum atomic E-state index is 2.33. The zero-order chi connectivity index (χ0) is 13.5. The molecule has 0 atom stereocenters. The molecule has 0 amide bonds. The first-order valence-corrected chi connectivity index (χ1v) is 7.37. The Morgan fingerprint density at radius 1 is 1.05 bits per heavy atom. The first-order valence-electron chi connectivity index (χ1n) is 7.37. The average molecular weight is 258 g/mol. The Kier molecular flexibility index (Phi) is 2.63. The topological polar surface area (TPSA) is 0 Å². The molecule has 0 aromatic heterocycles. The molecule has 2 aromatic rings. The Hall–Kier alpha value is -2.08. The summed E-state index contributed by atoms with van der Waals surface area (Å²) >= 11 is 0. The number of aryl methyl sites for hydroxylation is 1. The molecule has 0 saturated heterocycles. The zero-order valence-corrected chi connectivity index (χ0v) is 11.8. The van der Waals surface area contributed by atoms with Gasteiger partial charge in [0.25, 0.3) is 0 Å². The fourth-order valence-electron chi connectivity index (χ4n) is 3.53. The number of rotatable bonds is 2. The fourth-order valence-corrected chi connectivity index (χ4v) is 3.53. The van der Waals surface area contributed by atoms with Crippen LogP contribution in [0.25, 0.3) is 11.1 Å². The molecule has 0 fully saturated rings. The molecule has 2 aliphatic rings. The molecule has 2 aliphatic carbocycles. The smallest absolute Gasteiger partial charge is 0.00105 e. The van der Waals surface area contributed by atoms with E-state index in [0.717, 1.165) is 19.3 Å². The second kappa shape index (κ2) is 4.49. The number of benzene rings is 2. The molecule has 0 spiro atoms. The molecule has 0 bridgehead atoms. The molecule has 0 aliphatic heterocycles. The van der Waals surface area contributed by atoms with E-state index in [1.165, 1.54) is 33.4 Å². The Morgan fingerprint density at radius 3 is 2.80 bits per heavy atom. The average Bonchev–Trinajstić information content (AvgIpc) is 3.09. The van der Waals surface area contributed by atoms with E-state index < -0.39 is 0 Å². The maximum absolute atomic E-state index is 2.33. The van der Waals surface area contributed by atoms with Gasteiger partial charge in [-0.25, -0.2) is 0 Å². The highest BCUT2D eigenvalue weighted by molar-refractivity contribution is 5.80. The number of hydrogen-bond acceptors (Lipinski definition) is 0. The van der Waals surface area contributed by atoms with Crippen molar-refractivity contribution in [3.05, 3.63) is 82.5 Å². The summed E-state index contributed by atoms with van der Waals surface area (Å²) in [7, 11) is 0. The van der Waals surface area contributed by atoms with Crippen LogP contribution in [-0.2, 0) is 12.8 Å². The van der Waals surface area contributed by atoms with Gasteiger partial charge in [-0.1, -0.05) is 60.2 Å². The van der Waals surface area contributed by atoms with E-state index in [0.29, 0.717) is 0 Å². The normalized spacial score (nSPS) is 15.2. The van der Waals surface area contributed by atoms with Crippen LogP contribution >= 0.6 is 0 Å². The highest BCUT2D eigenvalue weighted by Gasteiger charge is 2.22. The van der Waals surface area contributed by atoms with Gasteiger partial charge in [0.15, 0.2) is 0 Å². The SMILES string of the molecule is Cc1ccc(CC2=CC=CC2)c2c1-c1ccccc1C2. The third-order valence-electron chi connectivity index (χ3n) is 4.54. The number of hydrogen-bond donors (Lipinski definition) is 0. The summed E-state index contributed by atoms with van der Waals surface area (Å²) in [4.78, 5) is 0. The van der Waals surface area contributed by atoms with Crippen molar-refractivity contribution in [1.29, 1.82) is 0 Å². The maximum Gasteiger partial charge on any atom is -0.00105 e. The van der Waals surface area contributed by atoms with Crippen LogP contribution in [0.5, 0.6) is 0 Å². The van der Waals surface area contributed by atoms with Crippen molar-refractivity contribution in [2.45, 2.75) is 26.2 Å². The number of allylic oxidation sites excluding steroid dienone is 4. The number of fused-ring (bicyclic) bond motifs is 3. The van der Waals surface area contributed by atoms with Crippen LogP contribution in [0.15, 0.2) is 60.2 Å². The van der Waals surface area contributed by atoms with Gasteiger partial charge in [0, 0.05) is 0 Å². The predicted molar refractivity (Wildman–Crippen MR) is 85.0 cm³/mol. The summed E-state index contributed by atoms with van der Waals surface area (Å²) in [6.45, 7) is 2.24. The van der Waals surface area contributed by atoms with E-state index in [-0.39, 0.29) is 0 Å². The van der Waals surface area contributed by atoms with Crippen LogP contribution in [0.1, 0.15) is 28.7 Å². The molecule has 0 radical (unpaired) electrons. The first kappa shape index (κ1) is 11.7. The van der Waals surface area contributed by atoms with E-state index in [1.807, 2.05) is 0 Å². The van der Waals surface area contributed by atoms with Gasteiger partial charge in [0.1, 0.15) is 0 Å². The minimum atomic E-state index is 1.10. The van der Waals surface area contributed by atoms with Crippen LogP contribution in [-0.4, -0.2) is 0 Å². The van der Waals surface area contributed by atoms with Gasteiger partial charge in [-0.15, -0.1) is 0 Å². The Balaban J connectivity index is 1.81. The largest absolute Gasteiger partial charge is 0.0804 e. The molecule has 98 valence electrons. The zero-order valence-electron chi connectivity index (χ0n) is 11.8. The van der Waals surface area contributed by atoms with Crippen molar-refractivity contribution in [2.24, 2.45) is 0 Å². The molecule has 0 N–H and O–H groups in total. The molecule has 0 heteroatoms. The molecular formula is C20H18. The Bertz CT molecular complexity index is 745. The minimum Gasteiger partial charge on any atom is -0.0804 e. The van der Waals surface area contributed by atoms with Crippen molar-refractivity contribution in [3.8, 4) is 11.1 Å². The third kappa shape index (κ3) is 1.76. The summed E-state index contributed by atoms with van der Waals surface area (Å²) in [6, 6.07) is 13.5.